The second-order valence-electron chi connectivity index (χ2n) is 7.02. The highest BCUT2D eigenvalue weighted by molar-refractivity contribution is 5.73. The lowest BCUT2D eigenvalue weighted by Gasteiger charge is -2.42. The fraction of sp³-hybridized carbons (Fsp3) is 0.938. The lowest BCUT2D eigenvalue weighted by molar-refractivity contribution is -0.336. The summed E-state index contributed by atoms with van der Waals surface area (Å²) in [4.78, 5) is 11.6. The number of carboxylic acid groups (broad SMARTS) is 1. The van der Waals surface area contributed by atoms with Crippen molar-refractivity contribution in [2.45, 2.75) is 80.9 Å². The van der Waals surface area contributed by atoms with E-state index in [2.05, 4.69) is 0 Å². The van der Waals surface area contributed by atoms with Crippen molar-refractivity contribution in [2.24, 2.45) is 5.73 Å². The fourth-order valence-electron chi connectivity index (χ4n) is 3.24. The van der Waals surface area contributed by atoms with Gasteiger partial charge in [0, 0.05) is 6.61 Å². The molecule has 3 saturated heterocycles. The van der Waals surface area contributed by atoms with Crippen LogP contribution in [0.3, 0.4) is 0 Å². The Balaban J connectivity index is 1.60. The molecular weight excluding hydrogens is 382 g/mol. The zero-order valence-corrected chi connectivity index (χ0v) is 15.1. The van der Waals surface area contributed by atoms with Gasteiger partial charge < -0.3 is 55.0 Å². The number of carboxylic acids is 1. The Labute approximate surface area is 160 Å². The Kier molecular flexibility index (Phi) is 7.20. The van der Waals surface area contributed by atoms with Crippen LogP contribution in [0.15, 0.2) is 0 Å². The number of aliphatic hydroxyl groups is 4. The van der Waals surface area contributed by atoms with Crippen molar-refractivity contribution in [3.63, 3.8) is 0 Å². The van der Waals surface area contributed by atoms with Gasteiger partial charge in [0.25, 0.3) is 0 Å². The normalized spacial score (nSPS) is 45.5. The van der Waals surface area contributed by atoms with Gasteiger partial charge in [-0.1, -0.05) is 0 Å². The Morgan fingerprint density at radius 1 is 0.893 bits per heavy atom. The number of aliphatic carboxylic acids is 1. The summed E-state index contributed by atoms with van der Waals surface area (Å²) in [7, 11) is 0. The van der Waals surface area contributed by atoms with Crippen molar-refractivity contribution >= 4 is 5.97 Å². The maximum absolute atomic E-state index is 11.6. The van der Waals surface area contributed by atoms with Crippen LogP contribution >= 0.6 is 0 Å². The van der Waals surface area contributed by atoms with Gasteiger partial charge in [0.05, 0.1) is 0 Å². The molecule has 10 atom stereocenters. The molecule has 12 heteroatoms. The number of epoxide rings is 1. The molecule has 7 N–H and O–H groups in total. The minimum Gasteiger partial charge on any atom is -0.479 e. The van der Waals surface area contributed by atoms with Crippen molar-refractivity contribution in [1.82, 2.24) is 0 Å². The number of carbonyl (C=O) groups is 1. The first-order valence-corrected chi connectivity index (χ1v) is 9.23. The molecule has 3 aliphatic rings. The molecule has 0 aromatic heterocycles. The largest absolute Gasteiger partial charge is 0.479 e. The summed E-state index contributed by atoms with van der Waals surface area (Å²) in [5.41, 5.74) is 5.40. The van der Waals surface area contributed by atoms with E-state index < -0.39 is 67.6 Å². The second kappa shape index (κ2) is 9.26. The average molecular weight is 409 g/mol. The molecule has 0 aliphatic carbocycles. The standard InChI is InChI=1S/C16H27NO11/c17-4-2-1-3-5-24-14-8(20)6(18)10(12(27-14)13(22)23)25-15-9(21)7(19)11-16(26-11)28-15/h6-12,14-16,18-21H,1-5,17H2,(H,22,23)/t6?,7?,8?,9?,10-,11-,12?,14+,15-,16?/m1/s1. The third kappa shape index (κ3) is 4.62. The van der Waals surface area contributed by atoms with E-state index in [9.17, 15) is 30.3 Å². The average Bonchev–Trinajstić information content (AvgIpc) is 3.43. The van der Waals surface area contributed by atoms with Gasteiger partial charge in [-0.05, 0) is 25.8 Å². The first-order chi connectivity index (χ1) is 13.3. The molecule has 0 bridgehead atoms. The molecule has 162 valence electrons. The van der Waals surface area contributed by atoms with E-state index in [-0.39, 0.29) is 6.61 Å². The van der Waals surface area contributed by atoms with Crippen molar-refractivity contribution in [1.29, 1.82) is 0 Å². The van der Waals surface area contributed by atoms with Crippen LogP contribution < -0.4 is 5.73 Å². The molecule has 6 unspecified atom stereocenters. The molecule has 0 radical (unpaired) electrons. The van der Waals surface area contributed by atoms with Crippen LogP contribution in [0.1, 0.15) is 19.3 Å². The predicted octanol–water partition coefficient (Wildman–Crippen LogP) is -3.15. The highest BCUT2D eigenvalue weighted by atomic mass is 16.8. The number of hydrogen-bond donors (Lipinski definition) is 6. The molecule has 3 heterocycles. The molecule has 28 heavy (non-hydrogen) atoms. The summed E-state index contributed by atoms with van der Waals surface area (Å²) >= 11 is 0. The molecule has 0 aromatic rings. The van der Waals surface area contributed by atoms with Crippen LogP contribution in [0, 0.1) is 0 Å². The van der Waals surface area contributed by atoms with E-state index >= 15 is 0 Å². The van der Waals surface area contributed by atoms with Gasteiger partial charge in [0.1, 0.15) is 36.6 Å². The van der Waals surface area contributed by atoms with Gasteiger partial charge in [-0.2, -0.15) is 0 Å². The van der Waals surface area contributed by atoms with Gasteiger partial charge in [0.15, 0.2) is 25.0 Å². The zero-order valence-electron chi connectivity index (χ0n) is 15.1. The molecule has 0 amide bonds. The lowest BCUT2D eigenvalue weighted by atomic mass is 9.98. The van der Waals surface area contributed by atoms with E-state index in [1.165, 1.54) is 0 Å². The van der Waals surface area contributed by atoms with Gasteiger partial charge in [0.2, 0.25) is 0 Å². The summed E-state index contributed by atoms with van der Waals surface area (Å²) < 4.78 is 26.3. The van der Waals surface area contributed by atoms with Crippen LogP contribution in [-0.2, 0) is 28.5 Å². The molecule has 12 nitrogen and oxygen atoms in total. The molecule has 0 saturated carbocycles. The minimum absolute atomic E-state index is 0.184. The number of hydrogen-bond acceptors (Lipinski definition) is 11. The van der Waals surface area contributed by atoms with Gasteiger partial charge in [-0.3, -0.25) is 0 Å². The predicted molar refractivity (Wildman–Crippen MR) is 87.6 cm³/mol. The van der Waals surface area contributed by atoms with Crippen molar-refractivity contribution in [3.8, 4) is 0 Å². The van der Waals surface area contributed by atoms with E-state index in [0.29, 0.717) is 13.0 Å². The topological polar surface area (TPSA) is 194 Å². The second-order valence-corrected chi connectivity index (χ2v) is 7.02. The van der Waals surface area contributed by atoms with Crippen LogP contribution in [-0.4, -0.2) is 106 Å². The first kappa shape index (κ1) is 21.8. The third-order valence-corrected chi connectivity index (χ3v) is 4.93. The van der Waals surface area contributed by atoms with E-state index in [1.807, 2.05) is 0 Å². The molecular formula is C16H27NO11. The highest BCUT2D eigenvalue weighted by Gasteiger charge is 2.58. The van der Waals surface area contributed by atoms with Gasteiger partial charge in [-0.25, -0.2) is 4.79 Å². The summed E-state index contributed by atoms with van der Waals surface area (Å²) in [6, 6.07) is 0. The van der Waals surface area contributed by atoms with Crippen molar-refractivity contribution in [3.05, 3.63) is 0 Å². The Morgan fingerprint density at radius 2 is 1.61 bits per heavy atom. The first-order valence-electron chi connectivity index (χ1n) is 9.23. The van der Waals surface area contributed by atoms with E-state index in [1.54, 1.807) is 0 Å². The van der Waals surface area contributed by atoms with Crippen molar-refractivity contribution < 1.29 is 54.0 Å². The van der Waals surface area contributed by atoms with E-state index in [0.717, 1.165) is 12.8 Å². The summed E-state index contributed by atoms with van der Waals surface area (Å²) in [6.07, 6.45) is -11.5. The van der Waals surface area contributed by atoms with Crippen LogP contribution in [0.5, 0.6) is 0 Å². The molecule has 3 aliphatic heterocycles. The van der Waals surface area contributed by atoms with Crippen molar-refractivity contribution in [2.75, 3.05) is 13.2 Å². The SMILES string of the molecule is NCCCCCO[C@H]1OC(C(=O)O)[C@H](O[C@@H]2OC3O[C@@H]3C(O)C2O)C(O)C1O. The maximum Gasteiger partial charge on any atom is 0.335 e. The fourth-order valence-corrected chi connectivity index (χ4v) is 3.24. The monoisotopic (exact) mass is 409 g/mol. The number of nitrogens with two attached hydrogens (primary N) is 1. The summed E-state index contributed by atoms with van der Waals surface area (Å²) in [6.45, 7) is 0.723. The zero-order chi connectivity index (χ0) is 20.4. The molecule has 0 aromatic carbocycles. The Morgan fingerprint density at radius 3 is 2.29 bits per heavy atom. The maximum atomic E-state index is 11.6. The minimum atomic E-state index is -1.70. The van der Waals surface area contributed by atoms with Crippen LogP contribution in [0.25, 0.3) is 0 Å². The highest BCUT2D eigenvalue weighted by Crippen LogP contribution is 2.37. The molecule has 3 fully saturated rings. The van der Waals surface area contributed by atoms with Crippen LogP contribution in [0.4, 0.5) is 0 Å². The van der Waals surface area contributed by atoms with Crippen LogP contribution in [0.2, 0.25) is 0 Å². The van der Waals surface area contributed by atoms with Gasteiger partial charge in [-0.15, -0.1) is 0 Å². The number of aliphatic hydroxyl groups excluding tert-OH is 4. The lowest BCUT2D eigenvalue weighted by Crippen LogP contribution is -2.63. The third-order valence-electron chi connectivity index (χ3n) is 4.93. The van der Waals surface area contributed by atoms with E-state index in [4.69, 9.17) is 29.4 Å². The number of rotatable bonds is 9. The Bertz CT molecular complexity index is 537. The number of unbranched alkanes of at least 4 members (excludes halogenated alkanes) is 2. The summed E-state index contributed by atoms with van der Waals surface area (Å²) in [5, 5.41) is 50.0. The molecule has 0 spiro atoms. The quantitative estimate of drug-likeness (QED) is 0.166. The Hall–Kier alpha value is -0.930. The van der Waals surface area contributed by atoms with Gasteiger partial charge >= 0.3 is 5.97 Å². The summed E-state index contributed by atoms with van der Waals surface area (Å²) in [5.74, 6) is -1.46. The smallest absolute Gasteiger partial charge is 0.335 e. The number of ether oxygens (including phenoxy) is 5. The molecule has 3 rings (SSSR count). The number of fused-ring (bicyclic) bond motifs is 1.